The Balaban J connectivity index is 1.57. The van der Waals surface area contributed by atoms with E-state index in [1.807, 2.05) is 31.2 Å². The zero-order valence-electron chi connectivity index (χ0n) is 13.7. The van der Waals surface area contributed by atoms with Crippen LogP contribution in [-0.2, 0) is 9.59 Å². The second-order valence-electron chi connectivity index (χ2n) is 6.02. The fourth-order valence-electron chi connectivity index (χ4n) is 2.99. The van der Waals surface area contributed by atoms with E-state index < -0.39 is 0 Å². The number of para-hydroxylation sites is 2. The number of ether oxygens (including phenoxy) is 1. The fraction of sp³-hybridized carbons (Fsp3) is 0.211. The van der Waals surface area contributed by atoms with Gasteiger partial charge in [-0.25, -0.2) is 4.98 Å². The zero-order chi connectivity index (χ0) is 17.4. The summed E-state index contributed by atoms with van der Waals surface area (Å²) in [5, 5.41) is 0. The van der Waals surface area contributed by atoms with Gasteiger partial charge in [-0.3, -0.25) is 14.5 Å². The number of carbonyl (C=O) groups excluding carboxylic acids is 2. The van der Waals surface area contributed by atoms with Crippen molar-refractivity contribution >= 4 is 28.5 Å². The predicted octanol–water partition coefficient (Wildman–Crippen LogP) is 3.36. The molecule has 3 aromatic rings. The van der Waals surface area contributed by atoms with Gasteiger partial charge in [-0.05, 0) is 31.2 Å². The number of benzene rings is 2. The molecule has 1 aliphatic heterocycles. The molecular formula is C19H17N3O3. The topological polar surface area (TPSA) is 75.3 Å². The van der Waals surface area contributed by atoms with Gasteiger partial charge in [-0.2, -0.15) is 0 Å². The maximum absolute atomic E-state index is 11.9. The first kappa shape index (κ1) is 15.4. The number of anilines is 1. The van der Waals surface area contributed by atoms with Gasteiger partial charge in [-0.15, -0.1) is 0 Å². The molecule has 0 bridgehead atoms. The summed E-state index contributed by atoms with van der Waals surface area (Å²) in [6.45, 7) is 1.90. The number of hydrogen-bond acceptors (Lipinski definition) is 4. The second kappa shape index (κ2) is 6.05. The minimum atomic E-state index is -0.298. The molecule has 126 valence electrons. The van der Waals surface area contributed by atoms with Gasteiger partial charge in [0, 0.05) is 18.9 Å². The SMILES string of the molecule is CC(Oc1cccc(N2C(=O)CCC2=O)c1)c1nc2ccccc2[nH]1. The Morgan fingerprint density at radius 1 is 1.08 bits per heavy atom. The summed E-state index contributed by atoms with van der Waals surface area (Å²) in [6.07, 6.45) is 0.228. The molecule has 2 aromatic carbocycles. The summed E-state index contributed by atoms with van der Waals surface area (Å²) in [6, 6.07) is 14.8. The molecule has 1 atom stereocenters. The Morgan fingerprint density at radius 3 is 2.60 bits per heavy atom. The van der Waals surface area contributed by atoms with Gasteiger partial charge in [0.05, 0.1) is 16.7 Å². The van der Waals surface area contributed by atoms with Crippen LogP contribution in [0, 0.1) is 0 Å². The molecular weight excluding hydrogens is 318 g/mol. The third kappa shape index (κ3) is 2.87. The van der Waals surface area contributed by atoms with Crippen LogP contribution in [0.3, 0.4) is 0 Å². The van der Waals surface area contributed by atoms with Crippen LogP contribution in [0.4, 0.5) is 5.69 Å². The van der Waals surface area contributed by atoms with Gasteiger partial charge in [0.2, 0.25) is 11.8 Å². The van der Waals surface area contributed by atoms with E-state index in [0.717, 1.165) is 16.9 Å². The number of carbonyl (C=O) groups is 2. The Hall–Kier alpha value is -3.15. The third-order valence-corrected chi connectivity index (χ3v) is 4.23. The number of amides is 2. The van der Waals surface area contributed by atoms with E-state index in [1.165, 1.54) is 4.90 Å². The maximum Gasteiger partial charge on any atom is 0.234 e. The van der Waals surface area contributed by atoms with Gasteiger partial charge >= 0.3 is 0 Å². The Bertz CT molecular complexity index is 914. The van der Waals surface area contributed by atoms with E-state index in [9.17, 15) is 9.59 Å². The molecule has 2 heterocycles. The minimum absolute atomic E-state index is 0.174. The molecule has 4 rings (SSSR count). The first-order valence-electron chi connectivity index (χ1n) is 8.19. The molecule has 1 aliphatic rings. The lowest BCUT2D eigenvalue weighted by atomic mass is 10.2. The highest BCUT2D eigenvalue weighted by atomic mass is 16.5. The number of imide groups is 1. The summed E-state index contributed by atoms with van der Waals surface area (Å²) in [7, 11) is 0. The Morgan fingerprint density at radius 2 is 1.84 bits per heavy atom. The van der Waals surface area contributed by atoms with E-state index in [1.54, 1.807) is 24.3 Å². The maximum atomic E-state index is 11.9. The number of fused-ring (bicyclic) bond motifs is 1. The number of hydrogen-bond donors (Lipinski definition) is 1. The molecule has 6 nitrogen and oxygen atoms in total. The lowest BCUT2D eigenvalue weighted by Crippen LogP contribution is -2.28. The number of nitrogens with zero attached hydrogens (tertiary/aromatic N) is 2. The average Bonchev–Trinajstić information content (AvgIpc) is 3.18. The summed E-state index contributed by atoms with van der Waals surface area (Å²) >= 11 is 0. The molecule has 1 fully saturated rings. The molecule has 25 heavy (non-hydrogen) atoms. The van der Waals surface area contributed by atoms with Gasteiger partial charge < -0.3 is 9.72 Å². The van der Waals surface area contributed by atoms with Crippen molar-refractivity contribution in [1.29, 1.82) is 0 Å². The Kier molecular flexibility index (Phi) is 3.72. The molecule has 6 heteroatoms. The van der Waals surface area contributed by atoms with Crippen molar-refractivity contribution in [2.75, 3.05) is 4.90 Å². The quantitative estimate of drug-likeness (QED) is 0.742. The molecule has 0 spiro atoms. The van der Waals surface area contributed by atoms with E-state index >= 15 is 0 Å². The third-order valence-electron chi connectivity index (χ3n) is 4.23. The van der Waals surface area contributed by atoms with E-state index in [-0.39, 0.29) is 30.8 Å². The van der Waals surface area contributed by atoms with Crippen LogP contribution < -0.4 is 9.64 Å². The molecule has 1 saturated heterocycles. The lowest BCUT2D eigenvalue weighted by molar-refractivity contribution is -0.121. The lowest BCUT2D eigenvalue weighted by Gasteiger charge is -2.17. The van der Waals surface area contributed by atoms with Crippen LogP contribution in [0.15, 0.2) is 48.5 Å². The van der Waals surface area contributed by atoms with E-state index in [0.29, 0.717) is 11.4 Å². The first-order valence-corrected chi connectivity index (χ1v) is 8.19. The van der Waals surface area contributed by atoms with E-state index in [2.05, 4.69) is 9.97 Å². The van der Waals surface area contributed by atoms with Crippen molar-refractivity contribution in [3.05, 3.63) is 54.4 Å². The van der Waals surface area contributed by atoms with E-state index in [4.69, 9.17) is 4.74 Å². The highest BCUT2D eigenvalue weighted by Crippen LogP contribution is 2.28. The summed E-state index contributed by atoms with van der Waals surface area (Å²) in [4.78, 5) is 32.8. The zero-order valence-corrected chi connectivity index (χ0v) is 13.7. The average molecular weight is 335 g/mol. The van der Waals surface area contributed by atoms with Crippen LogP contribution in [0.5, 0.6) is 5.75 Å². The van der Waals surface area contributed by atoms with Crippen molar-refractivity contribution < 1.29 is 14.3 Å². The minimum Gasteiger partial charge on any atom is -0.483 e. The Labute approximate surface area is 144 Å². The first-order chi connectivity index (χ1) is 12.1. The van der Waals surface area contributed by atoms with Crippen molar-refractivity contribution in [3.8, 4) is 5.75 Å². The molecule has 0 saturated carbocycles. The number of nitrogens with one attached hydrogen (secondary N) is 1. The second-order valence-corrected chi connectivity index (χ2v) is 6.02. The number of imidazole rings is 1. The van der Waals surface area contributed by atoms with Crippen molar-refractivity contribution in [2.45, 2.75) is 25.9 Å². The number of aromatic nitrogens is 2. The highest BCUT2D eigenvalue weighted by Gasteiger charge is 2.30. The molecule has 0 aliphatic carbocycles. The molecule has 0 radical (unpaired) electrons. The molecule has 1 unspecified atom stereocenters. The van der Waals surface area contributed by atoms with Crippen LogP contribution in [0.25, 0.3) is 11.0 Å². The standard InChI is InChI=1S/C19H17N3O3/c1-12(19-20-15-7-2-3-8-16(15)21-19)25-14-6-4-5-13(11-14)22-17(23)9-10-18(22)24/h2-8,11-12H,9-10H2,1H3,(H,20,21). The number of rotatable bonds is 4. The molecule has 2 amide bonds. The molecule has 1 N–H and O–H groups in total. The fourth-order valence-corrected chi connectivity index (χ4v) is 2.99. The van der Waals surface area contributed by atoms with Gasteiger partial charge in [0.25, 0.3) is 0 Å². The number of aromatic amines is 1. The normalized spacial score (nSPS) is 15.8. The predicted molar refractivity (Wildman–Crippen MR) is 93.3 cm³/mol. The number of H-pyrrole nitrogens is 1. The largest absolute Gasteiger partial charge is 0.483 e. The van der Waals surface area contributed by atoms with Crippen molar-refractivity contribution in [3.63, 3.8) is 0 Å². The van der Waals surface area contributed by atoms with Crippen LogP contribution in [0.1, 0.15) is 31.7 Å². The molecule has 1 aromatic heterocycles. The monoisotopic (exact) mass is 335 g/mol. The summed E-state index contributed by atoms with van der Waals surface area (Å²) in [5.41, 5.74) is 2.38. The van der Waals surface area contributed by atoms with Crippen molar-refractivity contribution in [1.82, 2.24) is 9.97 Å². The highest BCUT2D eigenvalue weighted by molar-refractivity contribution is 6.19. The van der Waals surface area contributed by atoms with Crippen LogP contribution in [0.2, 0.25) is 0 Å². The van der Waals surface area contributed by atoms with Gasteiger partial charge in [0.15, 0.2) is 6.10 Å². The van der Waals surface area contributed by atoms with Gasteiger partial charge in [-0.1, -0.05) is 18.2 Å². The van der Waals surface area contributed by atoms with Gasteiger partial charge in [0.1, 0.15) is 11.6 Å². The van der Waals surface area contributed by atoms with Crippen LogP contribution >= 0.6 is 0 Å². The summed E-state index contributed by atoms with van der Waals surface area (Å²) in [5.74, 6) is 0.956. The summed E-state index contributed by atoms with van der Waals surface area (Å²) < 4.78 is 5.96. The van der Waals surface area contributed by atoms with Crippen LogP contribution in [-0.4, -0.2) is 21.8 Å². The smallest absolute Gasteiger partial charge is 0.234 e. The van der Waals surface area contributed by atoms with Crippen molar-refractivity contribution in [2.24, 2.45) is 0 Å².